The Labute approximate surface area is 113 Å². The molecule has 19 heavy (non-hydrogen) atoms. The summed E-state index contributed by atoms with van der Waals surface area (Å²) in [4.78, 5) is 13.9. The van der Waals surface area contributed by atoms with E-state index in [9.17, 15) is 4.79 Å². The van der Waals surface area contributed by atoms with Gasteiger partial charge in [0.15, 0.2) is 0 Å². The molecular weight excluding hydrogens is 242 g/mol. The number of aliphatic hydroxyl groups excluding tert-OH is 1. The van der Waals surface area contributed by atoms with Gasteiger partial charge in [-0.05, 0) is 36.5 Å². The maximum atomic E-state index is 12.1. The van der Waals surface area contributed by atoms with Crippen molar-refractivity contribution < 1.29 is 9.90 Å². The average molecular weight is 263 g/mol. The quantitative estimate of drug-likeness (QED) is 0.771. The highest BCUT2D eigenvalue weighted by molar-refractivity contribution is 5.89. The lowest BCUT2D eigenvalue weighted by Gasteiger charge is -2.31. The van der Waals surface area contributed by atoms with Crippen LogP contribution in [-0.2, 0) is 6.54 Å². The molecule has 0 bridgehead atoms. The summed E-state index contributed by atoms with van der Waals surface area (Å²) < 4.78 is 0. The molecule has 2 amide bonds. The number of nitrogens with zero attached hydrogens (tertiary/aromatic N) is 1. The van der Waals surface area contributed by atoms with Gasteiger partial charge in [-0.25, -0.2) is 4.79 Å². The third-order valence-electron chi connectivity index (χ3n) is 3.51. The number of amides is 2. The topological polar surface area (TPSA) is 78.6 Å². The number of carbonyl (C=O) groups is 1. The SMILES string of the molecule is NCc1ccc(NC(=O)N2CCCC(CO)C2)cc1. The van der Waals surface area contributed by atoms with Gasteiger partial charge in [-0.1, -0.05) is 12.1 Å². The molecule has 5 heteroatoms. The van der Waals surface area contributed by atoms with Gasteiger partial charge in [-0.15, -0.1) is 0 Å². The minimum atomic E-state index is -0.0985. The number of piperidine rings is 1. The number of hydrogen-bond acceptors (Lipinski definition) is 3. The van der Waals surface area contributed by atoms with E-state index in [0.717, 1.165) is 30.6 Å². The Morgan fingerprint density at radius 2 is 2.16 bits per heavy atom. The molecule has 1 aliphatic rings. The Hall–Kier alpha value is -1.59. The van der Waals surface area contributed by atoms with Crippen molar-refractivity contribution in [2.24, 2.45) is 11.7 Å². The van der Waals surface area contributed by atoms with Gasteiger partial charge in [0.1, 0.15) is 0 Å². The van der Waals surface area contributed by atoms with Gasteiger partial charge in [-0.2, -0.15) is 0 Å². The first-order valence-corrected chi connectivity index (χ1v) is 6.68. The first-order chi connectivity index (χ1) is 9.22. The van der Waals surface area contributed by atoms with E-state index in [-0.39, 0.29) is 18.6 Å². The molecule has 0 saturated carbocycles. The Kier molecular flexibility index (Phi) is 4.76. The zero-order chi connectivity index (χ0) is 13.7. The van der Waals surface area contributed by atoms with Gasteiger partial charge in [0.05, 0.1) is 0 Å². The second-order valence-electron chi connectivity index (χ2n) is 4.97. The van der Waals surface area contributed by atoms with Gasteiger partial charge in [0.25, 0.3) is 0 Å². The Morgan fingerprint density at radius 3 is 2.79 bits per heavy atom. The molecular formula is C14H21N3O2. The summed E-state index contributed by atoms with van der Waals surface area (Å²) in [5.74, 6) is 0.208. The molecule has 2 rings (SSSR count). The molecule has 1 aliphatic heterocycles. The van der Waals surface area contributed by atoms with Crippen molar-refractivity contribution in [3.05, 3.63) is 29.8 Å². The van der Waals surface area contributed by atoms with Crippen molar-refractivity contribution in [1.82, 2.24) is 4.90 Å². The molecule has 0 aliphatic carbocycles. The zero-order valence-corrected chi connectivity index (χ0v) is 11.0. The Morgan fingerprint density at radius 1 is 1.42 bits per heavy atom. The number of benzene rings is 1. The molecule has 1 atom stereocenters. The molecule has 104 valence electrons. The highest BCUT2D eigenvalue weighted by Gasteiger charge is 2.22. The van der Waals surface area contributed by atoms with Crippen LogP contribution in [0.2, 0.25) is 0 Å². The number of carbonyl (C=O) groups excluding carboxylic acids is 1. The maximum absolute atomic E-state index is 12.1. The summed E-state index contributed by atoms with van der Waals surface area (Å²) in [6, 6.07) is 7.42. The van der Waals surface area contributed by atoms with E-state index < -0.39 is 0 Å². The minimum absolute atomic E-state index is 0.0985. The summed E-state index contributed by atoms with van der Waals surface area (Å²) in [6.45, 7) is 2.03. The minimum Gasteiger partial charge on any atom is -0.396 e. The van der Waals surface area contributed by atoms with Crippen molar-refractivity contribution in [2.75, 3.05) is 25.0 Å². The molecule has 1 heterocycles. The van der Waals surface area contributed by atoms with Crippen molar-refractivity contribution >= 4 is 11.7 Å². The number of likely N-dealkylation sites (tertiary alicyclic amines) is 1. The van der Waals surface area contributed by atoms with E-state index in [1.54, 1.807) is 4.90 Å². The van der Waals surface area contributed by atoms with E-state index in [2.05, 4.69) is 5.32 Å². The fourth-order valence-electron chi connectivity index (χ4n) is 2.33. The predicted molar refractivity (Wildman–Crippen MR) is 74.7 cm³/mol. The normalized spacial score (nSPS) is 19.3. The molecule has 1 aromatic rings. The number of nitrogens with one attached hydrogen (secondary N) is 1. The third kappa shape index (κ3) is 3.68. The third-order valence-corrected chi connectivity index (χ3v) is 3.51. The smallest absolute Gasteiger partial charge is 0.321 e. The molecule has 4 N–H and O–H groups in total. The van der Waals surface area contributed by atoms with Crippen LogP contribution in [0.5, 0.6) is 0 Å². The van der Waals surface area contributed by atoms with Crippen molar-refractivity contribution in [1.29, 1.82) is 0 Å². The Balaban J connectivity index is 1.92. The van der Waals surface area contributed by atoms with Crippen LogP contribution in [0.4, 0.5) is 10.5 Å². The molecule has 0 radical (unpaired) electrons. The van der Waals surface area contributed by atoms with Crippen LogP contribution in [0.3, 0.4) is 0 Å². The lowest BCUT2D eigenvalue weighted by Crippen LogP contribution is -2.43. The number of rotatable bonds is 3. The predicted octanol–water partition coefficient (Wildman–Crippen LogP) is 1.38. The molecule has 1 saturated heterocycles. The van der Waals surface area contributed by atoms with E-state index in [4.69, 9.17) is 10.8 Å². The van der Waals surface area contributed by atoms with Crippen molar-refractivity contribution in [3.63, 3.8) is 0 Å². The first kappa shape index (κ1) is 13.8. The van der Waals surface area contributed by atoms with Gasteiger partial charge in [-0.3, -0.25) is 0 Å². The summed E-state index contributed by atoms with van der Waals surface area (Å²) in [5.41, 5.74) is 7.34. The van der Waals surface area contributed by atoms with Crippen LogP contribution in [0.15, 0.2) is 24.3 Å². The maximum Gasteiger partial charge on any atom is 0.321 e. The van der Waals surface area contributed by atoms with E-state index in [0.29, 0.717) is 13.1 Å². The van der Waals surface area contributed by atoms with E-state index >= 15 is 0 Å². The summed E-state index contributed by atoms with van der Waals surface area (Å²) >= 11 is 0. The number of anilines is 1. The van der Waals surface area contributed by atoms with Crippen molar-refractivity contribution in [3.8, 4) is 0 Å². The van der Waals surface area contributed by atoms with Crippen LogP contribution in [0, 0.1) is 5.92 Å². The molecule has 0 aromatic heterocycles. The second kappa shape index (κ2) is 6.54. The van der Waals surface area contributed by atoms with Gasteiger partial charge in [0.2, 0.25) is 0 Å². The highest BCUT2D eigenvalue weighted by atomic mass is 16.3. The highest BCUT2D eigenvalue weighted by Crippen LogP contribution is 2.17. The van der Waals surface area contributed by atoms with Crippen molar-refractivity contribution in [2.45, 2.75) is 19.4 Å². The van der Waals surface area contributed by atoms with E-state index in [1.165, 1.54) is 0 Å². The van der Waals surface area contributed by atoms with Crippen LogP contribution < -0.4 is 11.1 Å². The van der Waals surface area contributed by atoms with Crippen LogP contribution >= 0.6 is 0 Å². The second-order valence-corrected chi connectivity index (χ2v) is 4.97. The lowest BCUT2D eigenvalue weighted by atomic mass is 9.99. The number of nitrogens with two attached hydrogens (primary N) is 1. The largest absolute Gasteiger partial charge is 0.396 e. The number of urea groups is 1. The summed E-state index contributed by atoms with van der Waals surface area (Å²) in [6.07, 6.45) is 1.94. The van der Waals surface area contributed by atoms with Gasteiger partial charge < -0.3 is 21.1 Å². The average Bonchev–Trinajstić information content (AvgIpc) is 2.48. The summed E-state index contributed by atoms with van der Waals surface area (Å²) in [5, 5.41) is 12.0. The fraction of sp³-hybridized carbons (Fsp3) is 0.500. The van der Waals surface area contributed by atoms with Gasteiger partial charge >= 0.3 is 6.03 Å². The number of aliphatic hydroxyl groups is 1. The number of hydrogen-bond donors (Lipinski definition) is 3. The molecule has 1 aromatic carbocycles. The molecule has 5 nitrogen and oxygen atoms in total. The molecule has 1 fully saturated rings. The monoisotopic (exact) mass is 263 g/mol. The van der Waals surface area contributed by atoms with E-state index in [1.807, 2.05) is 24.3 Å². The summed E-state index contributed by atoms with van der Waals surface area (Å²) in [7, 11) is 0. The van der Waals surface area contributed by atoms with Gasteiger partial charge in [0, 0.05) is 31.9 Å². The fourth-order valence-corrected chi connectivity index (χ4v) is 2.33. The molecule has 0 spiro atoms. The van der Waals surface area contributed by atoms with Crippen LogP contribution in [0.1, 0.15) is 18.4 Å². The first-order valence-electron chi connectivity index (χ1n) is 6.68. The Bertz CT molecular complexity index is 419. The van der Waals surface area contributed by atoms with Crippen LogP contribution in [0.25, 0.3) is 0 Å². The molecule has 1 unspecified atom stereocenters. The van der Waals surface area contributed by atoms with Crippen LogP contribution in [-0.4, -0.2) is 35.7 Å². The lowest BCUT2D eigenvalue weighted by molar-refractivity contribution is 0.136. The zero-order valence-electron chi connectivity index (χ0n) is 11.0. The standard InChI is InChI=1S/C14H21N3O2/c15-8-11-3-5-13(6-4-11)16-14(19)17-7-1-2-12(9-17)10-18/h3-6,12,18H,1-2,7-10,15H2,(H,16,19).